The van der Waals surface area contributed by atoms with Gasteiger partial charge in [-0.05, 0) is 74.6 Å². The van der Waals surface area contributed by atoms with Crippen molar-refractivity contribution in [2.75, 3.05) is 17.2 Å². The van der Waals surface area contributed by atoms with Crippen LogP contribution in [0.25, 0.3) is 17.1 Å². The van der Waals surface area contributed by atoms with Gasteiger partial charge in [-0.15, -0.1) is 18.3 Å². The lowest BCUT2D eigenvalue weighted by Gasteiger charge is -2.37. The van der Waals surface area contributed by atoms with Gasteiger partial charge in [0, 0.05) is 35.5 Å². The molecule has 0 saturated carbocycles. The van der Waals surface area contributed by atoms with E-state index in [1.807, 2.05) is 30.3 Å². The van der Waals surface area contributed by atoms with Crippen molar-refractivity contribution in [2.24, 2.45) is 4.99 Å². The van der Waals surface area contributed by atoms with E-state index >= 15 is 0 Å². The minimum absolute atomic E-state index is 0.0822. The number of hydrogen-bond donors (Lipinski definition) is 1. The molecule has 1 N–H and O–H groups in total. The average Bonchev–Trinajstić information content (AvgIpc) is 3.49. The standard InChI is InChI=1S/C33H35F3N6O2S/c1-5-24(19-37-31(43)39-32-42(23(4)17-18-45-32)29-21(2)7-6-8-22(29)3)25-9-11-26(12-10-25)30-38-20-41(40-30)27-13-15-28(16-14-27)44-33(34,35)36/h6-16,20,23-24H,5,17-19H2,1-4H3,(H,37,43)/b39-32-. The summed E-state index contributed by atoms with van der Waals surface area (Å²) in [6.07, 6.45) is -1.42. The molecule has 3 aromatic carbocycles. The molecule has 1 saturated heterocycles. The second kappa shape index (κ2) is 13.8. The molecule has 2 amide bonds. The highest BCUT2D eigenvalue weighted by atomic mass is 32.2. The van der Waals surface area contributed by atoms with E-state index < -0.39 is 6.36 Å². The molecule has 5 rings (SSSR count). The fourth-order valence-corrected chi connectivity index (χ4v) is 6.55. The molecule has 12 heteroatoms. The first-order valence-electron chi connectivity index (χ1n) is 14.8. The zero-order valence-electron chi connectivity index (χ0n) is 25.5. The Morgan fingerprint density at radius 1 is 1.09 bits per heavy atom. The van der Waals surface area contributed by atoms with Crippen LogP contribution < -0.4 is 15.0 Å². The van der Waals surface area contributed by atoms with Crippen LogP contribution in [0.15, 0.2) is 78.0 Å². The summed E-state index contributed by atoms with van der Waals surface area (Å²) < 4.78 is 42.8. The third kappa shape index (κ3) is 7.86. The smallest absolute Gasteiger partial charge is 0.406 e. The molecule has 2 unspecified atom stereocenters. The molecule has 1 aromatic heterocycles. The van der Waals surface area contributed by atoms with Gasteiger partial charge in [-0.1, -0.05) is 61.2 Å². The van der Waals surface area contributed by atoms with Crippen LogP contribution >= 0.6 is 11.8 Å². The molecule has 4 aromatic rings. The first-order valence-corrected chi connectivity index (χ1v) is 15.7. The van der Waals surface area contributed by atoms with Gasteiger partial charge in [0.25, 0.3) is 0 Å². The minimum Gasteiger partial charge on any atom is -0.406 e. The third-order valence-corrected chi connectivity index (χ3v) is 8.74. The van der Waals surface area contributed by atoms with Crippen LogP contribution in [0.5, 0.6) is 5.75 Å². The fraction of sp³-hybridized carbons (Fsp3) is 0.333. The summed E-state index contributed by atoms with van der Waals surface area (Å²) in [7, 11) is 0. The predicted octanol–water partition coefficient (Wildman–Crippen LogP) is 8.04. The van der Waals surface area contributed by atoms with E-state index in [0.29, 0.717) is 18.1 Å². The first-order chi connectivity index (χ1) is 21.5. The van der Waals surface area contributed by atoms with Crippen LogP contribution in [0.2, 0.25) is 0 Å². The van der Waals surface area contributed by atoms with Crippen molar-refractivity contribution in [3.63, 3.8) is 0 Å². The highest BCUT2D eigenvalue weighted by Gasteiger charge is 2.31. The summed E-state index contributed by atoms with van der Waals surface area (Å²) in [5.41, 5.74) is 5.82. The van der Waals surface area contributed by atoms with Gasteiger partial charge in [-0.25, -0.2) is 14.5 Å². The van der Waals surface area contributed by atoms with E-state index in [1.165, 1.54) is 35.3 Å². The molecule has 1 aliphatic rings. The number of rotatable bonds is 8. The summed E-state index contributed by atoms with van der Waals surface area (Å²) in [5.74, 6) is 1.16. The zero-order valence-corrected chi connectivity index (χ0v) is 26.3. The molecular formula is C33H35F3N6O2S. The Morgan fingerprint density at radius 3 is 2.42 bits per heavy atom. The number of thioether (sulfide) groups is 1. The summed E-state index contributed by atoms with van der Waals surface area (Å²) in [6, 6.07) is 19.3. The van der Waals surface area contributed by atoms with Crippen LogP contribution in [0, 0.1) is 13.8 Å². The van der Waals surface area contributed by atoms with Crippen LogP contribution in [-0.2, 0) is 0 Å². The molecule has 0 radical (unpaired) electrons. The number of amidine groups is 1. The molecular weight excluding hydrogens is 601 g/mol. The number of hydrogen-bond acceptors (Lipinski definition) is 5. The number of amides is 2. The minimum atomic E-state index is -4.75. The van der Waals surface area contributed by atoms with Crippen LogP contribution in [0.1, 0.15) is 49.3 Å². The van der Waals surface area contributed by atoms with E-state index in [1.54, 1.807) is 11.8 Å². The summed E-state index contributed by atoms with van der Waals surface area (Å²) >= 11 is 1.61. The molecule has 0 spiro atoms. The Hall–Kier alpha value is -4.32. The maximum atomic E-state index is 13.0. The highest BCUT2D eigenvalue weighted by molar-refractivity contribution is 8.14. The Balaban J connectivity index is 1.23. The predicted molar refractivity (Wildman–Crippen MR) is 172 cm³/mol. The number of urea groups is 1. The lowest BCUT2D eigenvalue weighted by atomic mass is 9.95. The first kappa shape index (κ1) is 32.1. The SMILES string of the molecule is CCC(CNC(=O)/N=C1\SCCC(C)N1c1c(C)cccc1C)c1ccc(-c2ncn(-c3ccc(OC(F)(F)F)cc3)n2)cc1. The molecule has 8 nitrogen and oxygen atoms in total. The van der Waals surface area contributed by atoms with Gasteiger partial charge in [0.2, 0.25) is 0 Å². The Morgan fingerprint density at radius 2 is 1.78 bits per heavy atom. The van der Waals surface area contributed by atoms with Crippen molar-refractivity contribution in [1.82, 2.24) is 20.1 Å². The maximum absolute atomic E-state index is 13.0. The van der Waals surface area contributed by atoms with E-state index in [0.717, 1.165) is 51.7 Å². The normalized spacial score (nSPS) is 16.9. The fourth-order valence-electron chi connectivity index (χ4n) is 5.36. The maximum Gasteiger partial charge on any atom is 0.573 e. The number of aryl methyl sites for hydroxylation is 2. The van der Waals surface area contributed by atoms with Gasteiger partial charge in [0.1, 0.15) is 12.1 Å². The van der Waals surface area contributed by atoms with Gasteiger partial charge in [0.05, 0.1) is 5.69 Å². The van der Waals surface area contributed by atoms with Gasteiger partial charge < -0.3 is 15.0 Å². The van der Waals surface area contributed by atoms with Crippen molar-refractivity contribution in [1.29, 1.82) is 0 Å². The molecule has 45 heavy (non-hydrogen) atoms. The molecule has 2 atom stereocenters. The van der Waals surface area contributed by atoms with E-state index in [-0.39, 0.29) is 23.7 Å². The topological polar surface area (TPSA) is 84.6 Å². The lowest BCUT2D eigenvalue weighted by molar-refractivity contribution is -0.274. The molecule has 1 fully saturated rings. The number of nitrogens with zero attached hydrogens (tertiary/aromatic N) is 5. The van der Waals surface area contributed by atoms with Crippen molar-refractivity contribution in [2.45, 2.75) is 58.9 Å². The van der Waals surface area contributed by atoms with Crippen molar-refractivity contribution in [3.8, 4) is 22.8 Å². The Bertz CT molecular complexity index is 1630. The number of benzene rings is 3. The monoisotopic (exact) mass is 636 g/mol. The number of carbonyl (C=O) groups is 1. The molecule has 2 heterocycles. The average molecular weight is 637 g/mol. The third-order valence-electron chi connectivity index (χ3n) is 7.75. The van der Waals surface area contributed by atoms with Crippen LogP contribution in [0.4, 0.5) is 23.7 Å². The van der Waals surface area contributed by atoms with Gasteiger partial charge in [-0.3, -0.25) is 0 Å². The van der Waals surface area contributed by atoms with Gasteiger partial charge in [0.15, 0.2) is 11.0 Å². The number of carbonyl (C=O) groups excluding carboxylic acids is 1. The van der Waals surface area contributed by atoms with E-state index in [4.69, 9.17) is 0 Å². The molecule has 0 bridgehead atoms. The number of halogens is 3. The largest absolute Gasteiger partial charge is 0.573 e. The number of anilines is 1. The Labute approximate surface area is 264 Å². The second-order valence-electron chi connectivity index (χ2n) is 11.0. The second-order valence-corrected chi connectivity index (χ2v) is 12.0. The summed E-state index contributed by atoms with van der Waals surface area (Å²) in [6.45, 7) is 8.86. The van der Waals surface area contributed by atoms with Crippen molar-refractivity contribution in [3.05, 3.63) is 89.7 Å². The van der Waals surface area contributed by atoms with Crippen LogP contribution in [-0.4, -0.2) is 50.7 Å². The number of para-hydroxylation sites is 1. The molecule has 236 valence electrons. The lowest BCUT2D eigenvalue weighted by Crippen LogP contribution is -2.43. The Kier molecular flexibility index (Phi) is 9.81. The highest BCUT2D eigenvalue weighted by Crippen LogP contribution is 2.34. The van der Waals surface area contributed by atoms with E-state index in [9.17, 15) is 18.0 Å². The van der Waals surface area contributed by atoms with E-state index in [2.05, 4.69) is 69.9 Å². The zero-order chi connectivity index (χ0) is 32.1. The van der Waals surface area contributed by atoms with Crippen molar-refractivity contribution >= 4 is 28.6 Å². The number of ether oxygens (including phenoxy) is 1. The summed E-state index contributed by atoms with van der Waals surface area (Å²) in [4.78, 5) is 24.1. The quantitative estimate of drug-likeness (QED) is 0.211. The van der Waals surface area contributed by atoms with Crippen molar-refractivity contribution < 1.29 is 22.7 Å². The van der Waals surface area contributed by atoms with Gasteiger partial charge in [-0.2, -0.15) is 4.99 Å². The molecule has 0 aliphatic carbocycles. The number of aromatic nitrogens is 3. The molecule has 1 aliphatic heterocycles. The number of alkyl halides is 3. The summed E-state index contributed by atoms with van der Waals surface area (Å²) in [5, 5.41) is 8.21. The van der Waals surface area contributed by atoms with Crippen LogP contribution in [0.3, 0.4) is 0 Å². The number of aliphatic imine (C=N–C) groups is 1. The number of nitrogens with one attached hydrogen (secondary N) is 1. The van der Waals surface area contributed by atoms with Gasteiger partial charge >= 0.3 is 12.4 Å².